The fourth-order valence-corrected chi connectivity index (χ4v) is 4.74. The molecule has 0 unspecified atom stereocenters. The zero-order chi connectivity index (χ0) is 27.6. The second kappa shape index (κ2) is 11.0. The van der Waals surface area contributed by atoms with Crippen LogP contribution in [0.3, 0.4) is 0 Å². The van der Waals surface area contributed by atoms with Gasteiger partial charge in [-0.3, -0.25) is 9.35 Å². The summed E-state index contributed by atoms with van der Waals surface area (Å²) in [7, 11) is -4.68. The number of phenols is 1. The number of hydrogen-bond donors (Lipinski definition) is 3. The number of phenolic OH excluding ortho intramolecular Hbond substituents is 1. The number of anilines is 1. The van der Waals surface area contributed by atoms with E-state index in [4.69, 9.17) is 27.9 Å². The van der Waals surface area contributed by atoms with Crippen LogP contribution in [0.1, 0.15) is 22.8 Å². The number of carbonyl (C=O) groups is 1. The summed E-state index contributed by atoms with van der Waals surface area (Å²) in [5.74, 6) is -0.767. The quantitative estimate of drug-likeness (QED) is 0.155. The number of nitrogens with zero attached hydrogens (tertiary/aromatic N) is 2. The van der Waals surface area contributed by atoms with Crippen LogP contribution < -0.4 is 10.1 Å². The van der Waals surface area contributed by atoms with Crippen molar-refractivity contribution < 1.29 is 27.6 Å². The van der Waals surface area contributed by atoms with E-state index < -0.39 is 26.7 Å². The molecule has 0 atom stereocenters. The van der Waals surface area contributed by atoms with Crippen LogP contribution in [-0.4, -0.2) is 30.6 Å². The number of amides is 1. The zero-order valence-electron chi connectivity index (χ0n) is 20.1. The van der Waals surface area contributed by atoms with Crippen molar-refractivity contribution in [2.75, 3.05) is 11.9 Å². The fraction of sp³-hybridized carbons (Fsp3) is 0.115. The first-order chi connectivity index (χ1) is 18.0. The van der Waals surface area contributed by atoms with E-state index in [1.165, 1.54) is 12.1 Å². The zero-order valence-corrected chi connectivity index (χ0v) is 22.4. The van der Waals surface area contributed by atoms with Gasteiger partial charge in [0, 0.05) is 17.1 Å². The summed E-state index contributed by atoms with van der Waals surface area (Å²) in [6.45, 7) is 3.80. The molecule has 0 heterocycles. The van der Waals surface area contributed by atoms with Gasteiger partial charge in [0.1, 0.15) is 22.0 Å². The molecule has 196 valence electrons. The Morgan fingerprint density at radius 1 is 1.03 bits per heavy atom. The third-order valence-electron chi connectivity index (χ3n) is 5.53. The lowest BCUT2D eigenvalue weighted by molar-refractivity contribution is 0.102. The van der Waals surface area contributed by atoms with E-state index in [2.05, 4.69) is 15.5 Å². The summed E-state index contributed by atoms with van der Waals surface area (Å²) < 4.78 is 38.9. The summed E-state index contributed by atoms with van der Waals surface area (Å²) >= 11 is 12.4. The van der Waals surface area contributed by atoms with Crippen LogP contribution in [0.25, 0.3) is 10.8 Å². The van der Waals surface area contributed by atoms with Crippen molar-refractivity contribution in [1.29, 1.82) is 0 Å². The molecule has 0 aliphatic carbocycles. The predicted molar refractivity (Wildman–Crippen MR) is 146 cm³/mol. The molecule has 0 aliphatic heterocycles. The fourth-order valence-electron chi connectivity index (χ4n) is 3.69. The highest BCUT2D eigenvalue weighted by Crippen LogP contribution is 2.42. The number of aryl methyl sites for hydroxylation is 1. The molecule has 9 nitrogen and oxygen atoms in total. The molecule has 12 heteroatoms. The van der Waals surface area contributed by atoms with E-state index in [0.29, 0.717) is 39.4 Å². The van der Waals surface area contributed by atoms with Gasteiger partial charge in [-0.15, -0.1) is 10.2 Å². The van der Waals surface area contributed by atoms with Crippen LogP contribution in [0, 0.1) is 6.92 Å². The number of ether oxygens (including phenoxy) is 1. The smallest absolute Gasteiger partial charge is 0.296 e. The summed E-state index contributed by atoms with van der Waals surface area (Å²) in [5.41, 5.74) is 0.346. The Bertz CT molecular complexity index is 1710. The lowest BCUT2D eigenvalue weighted by Gasteiger charge is -2.13. The van der Waals surface area contributed by atoms with Crippen LogP contribution in [-0.2, 0) is 10.1 Å². The van der Waals surface area contributed by atoms with Gasteiger partial charge in [-0.25, -0.2) is 0 Å². The van der Waals surface area contributed by atoms with Crippen LogP contribution in [0.15, 0.2) is 75.8 Å². The van der Waals surface area contributed by atoms with Gasteiger partial charge in [-0.05, 0) is 49.1 Å². The van der Waals surface area contributed by atoms with E-state index in [9.17, 15) is 22.9 Å². The molecule has 0 aliphatic rings. The van der Waals surface area contributed by atoms with Crippen LogP contribution in [0.4, 0.5) is 17.1 Å². The van der Waals surface area contributed by atoms with Gasteiger partial charge < -0.3 is 15.2 Å². The van der Waals surface area contributed by atoms with Gasteiger partial charge in [-0.2, -0.15) is 8.42 Å². The van der Waals surface area contributed by atoms with Gasteiger partial charge in [0.15, 0.2) is 5.75 Å². The number of rotatable bonds is 7. The van der Waals surface area contributed by atoms with Crippen molar-refractivity contribution in [2.24, 2.45) is 10.2 Å². The summed E-state index contributed by atoms with van der Waals surface area (Å²) in [6, 6.07) is 15.6. The molecule has 3 N–H and O–H groups in total. The second-order valence-electron chi connectivity index (χ2n) is 8.09. The first kappa shape index (κ1) is 27.3. The van der Waals surface area contributed by atoms with Crippen LogP contribution in [0.5, 0.6) is 11.5 Å². The average Bonchev–Trinajstić information content (AvgIpc) is 2.86. The number of hydrogen-bond acceptors (Lipinski definition) is 7. The van der Waals surface area contributed by atoms with Gasteiger partial charge >= 0.3 is 0 Å². The van der Waals surface area contributed by atoms with Crippen molar-refractivity contribution in [3.8, 4) is 11.5 Å². The van der Waals surface area contributed by atoms with Crippen molar-refractivity contribution in [3.63, 3.8) is 0 Å². The monoisotopic (exact) mass is 573 g/mol. The summed E-state index contributed by atoms with van der Waals surface area (Å²) in [5, 5.41) is 23.2. The number of aromatic hydroxyl groups is 1. The molecule has 4 aromatic carbocycles. The lowest BCUT2D eigenvalue weighted by atomic mass is 10.0. The maximum Gasteiger partial charge on any atom is 0.296 e. The molecule has 0 spiro atoms. The Morgan fingerprint density at radius 2 is 1.74 bits per heavy atom. The molecular formula is C26H21Cl2N3O6S. The van der Waals surface area contributed by atoms with E-state index in [1.54, 1.807) is 56.3 Å². The number of azo groups is 1. The maximum atomic E-state index is 13.2. The molecule has 4 rings (SSSR count). The molecule has 0 bridgehead atoms. The van der Waals surface area contributed by atoms with E-state index in [-0.39, 0.29) is 22.0 Å². The number of nitrogens with one attached hydrogen (secondary N) is 1. The Labute approximate surface area is 228 Å². The maximum absolute atomic E-state index is 13.2. The van der Waals surface area contributed by atoms with Gasteiger partial charge in [0.2, 0.25) is 0 Å². The van der Waals surface area contributed by atoms with E-state index in [0.717, 1.165) is 6.07 Å². The third kappa shape index (κ3) is 5.58. The molecule has 0 radical (unpaired) electrons. The number of fused-ring (bicyclic) bond motifs is 1. The first-order valence-electron chi connectivity index (χ1n) is 11.2. The Hall–Kier alpha value is -3.70. The molecule has 0 aromatic heterocycles. The molecular weight excluding hydrogens is 553 g/mol. The normalized spacial score (nSPS) is 11.7. The Morgan fingerprint density at radius 3 is 2.45 bits per heavy atom. The van der Waals surface area contributed by atoms with Crippen LogP contribution >= 0.6 is 23.2 Å². The van der Waals surface area contributed by atoms with Gasteiger partial charge in [0.05, 0.1) is 22.2 Å². The summed E-state index contributed by atoms with van der Waals surface area (Å²) in [4.78, 5) is 12.6. The Balaban J connectivity index is 1.82. The molecule has 1 amide bonds. The molecule has 0 saturated carbocycles. The topological polar surface area (TPSA) is 138 Å². The average molecular weight is 574 g/mol. The minimum absolute atomic E-state index is 0.0468. The minimum Gasteiger partial charge on any atom is -0.505 e. The standard InChI is InChI=1S/C26H21Cl2N3O6S/c1-3-37-20-13-16(9-10-19(20)27)29-26(33)18-12-15-6-4-5-7-17(15)23(25(18)32)30-31-24-21(38(34,35)36)11-8-14(2)22(24)28/h4-13,32H,3H2,1-2H3,(H,29,33)(H,34,35,36). The number of carbonyl (C=O) groups excluding carboxylic acids is 1. The highest BCUT2D eigenvalue weighted by molar-refractivity contribution is 7.86. The Kier molecular flexibility index (Phi) is 7.89. The largest absolute Gasteiger partial charge is 0.505 e. The minimum atomic E-state index is -4.68. The molecule has 4 aromatic rings. The van der Waals surface area contributed by atoms with Gasteiger partial charge in [-0.1, -0.05) is 53.5 Å². The lowest BCUT2D eigenvalue weighted by Crippen LogP contribution is -2.12. The highest BCUT2D eigenvalue weighted by Gasteiger charge is 2.22. The van der Waals surface area contributed by atoms with Crippen molar-refractivity contribution in [1.82, 2.24) is 0 Å². The highest BCUT2D eigenvalue weighted by atomic mass is 35.5. The molecule has 38 heavy (non-hydrogen) atoms. The van der Waals surface area contributed by atoms with Crippen molar-refractivity contribution in [2.45, 2.75) is 18.7 Å². The molecule has 0 fully saturated rings. The SMILES string of the molecule is CCOc1cc(NC(=O)c2cc3ccccc3c(N=Nc3c(S(=O)(=O)O)ccc(C)c3Cl)c2O)ccc1Cl. The predicted octanol–water partition coefficient (Wildman–Crippen LogP) is 7.47. The van der Waals surface area contributed by atoms with Crippen molar-refractivity contribution >= 4 is 67.1 Å². The van der Waals surface area contributed by atoms with E-state index in [1.807, 2.05) is 0 Å². The third-order valence-corrected chi connectivity index (χ3v) is 7.20. The second-order valence-corrected chi connectivity index (χ2v) is 10.3. The summed E-state index contributed by atoms with van der Waals surface area (Å²) in [6.07, 6.45) is 0. The van der Waals surface area contributed by atoms with Crippen LogP contribution in [0.2, 0.25) is 10.0 Å². The van der Waals surface area contributed by atoms with Crippen molar-refractivity contribution in [3.05, 3.63) is 81.8 Å². The number of halogens is 2. The first-order valence-corrected chi connectivity index (χ1v) is 13.4. The van der Waals surface area contributed by atoms with E-state index >= 15 is 0 Å². The number of benzene rings is 4. The van der Waals surface area contributed by atoms with Gasteiger partial charge in [0.25, 0.3) is 16.0 Å². The molecule has 0 saturated heterocycles.